The lowest BCUT2D eigenvalue weighted by atomic mass is 9.97. The van der Waals surface area contributed by atoms with Crippen molar-refractivity contribution in [2.24, 2.45) is 0 Å². The van der Waals surface area contributed by atoms with Crippen molar-refractivity contribution in [3.8, 4) is 0 Å². The van der Waals surface area contributed by atoms with Crippen LogP contribution in [-0.2, 0) is 4.79 Å². The van der Waals surface area contributed by atoms with Gasteiger partial charge in [0.25, 0.3) is 0 Å². The average Bonchev–Trinajstić information content (AvgIpc) is 2.56. The van der Waals surface area contributed by atoms with E-state index in [9.17, 15) is 4.79 Å². The zero-order chi connectivity index (χ0) is 14.5. The normalized spacial score (nSPS) is 24.0. The number of hydrogen-bond acceptors (Lipinski definition) is 3. The van der Waals surface area contributed by atoms with Crippen LogP contribution in [0.4, 0.5) is 0 Å². The highest BCUT2D eigenvalue weighted by Gasteiger charge is 2.23. The Hall–Kier alpha value is -1.03. The van der Waals surface area contributed by atoms with Crippen molar-refractivity contribution in [3.63, 3.8) is 0 Å². The van der Waals surface area contributed by atoms with Crippen molar-refractivity contribution >= 4 is 18.2 Å². The molecule has 114 valence electrons. The molecule has 1 aliphatic heterocycles. The standard InChI is InChI=1S/C17H24N2OS/c20-13-19-11-5-4-8-16(19)14-9-10-17(18-12-14)21-15-6-2-1-3-7-15/h9-10,12-13,15-16H,1-8,11H2/t16-/m0/s1. The van der Waals surface area contributed by atoms with Gasteiger partial charge in [0, 0.05) is 18.0 Å². The van der Waals surface area contributed by atoms with E-state index in [1.807, 2.05) is 22.9 Å². The molecule has 1 aliphatic carbocycles. The van der Waals surface area contributed by atoms with Crippen molar-refractivity contribution in [2.75, 3.05) is 6.54 Å². The fourth-order valence-electron chi connectivity index (χ4n) is 3.45. The average molecular weight is 304 g/mol. The second-order valence-electron chi connectivity index (χ2n) is 6.16. The lowest BCUT2D eigenvalue weighted by molar-refractivity contribution is -0.121. The topological polar surface area (TPSA) is 33.2 Å². The van der Waals surface area contributed by atoms with Crippen molar-refractivity contribution in [1.29, 1.82) is 0 Å². The summed E-state index contributed by atoms with van der Waals surface area (Å²) in [6.45, 7) is 0.882. The molecular weight excluding hydrogens is 280 g/mol. The fraction of sp³-hybridized carbons (Fsp3) is 0.647. The Labute approximate surface area is 131 Å². The van der Waals surface area contributed by atoms with Gasteiger partial charge in [0.05, 0.1) is 11.1 Å². The Kier molecular flexibility index (Phi) is 5.17. The third-order valence-electron chi connectivity index (χ3n) is 4.66. The summed E-state index contributed by atoms with van der Waals surface area (Å²) >= 11 is 1.93. The smallest absolute Gasteiger partial charge is 0.210 e. The summed E-state index contributed by atoms with van der Waals surface area (Å²) in [5.74, 6) is 0. The van der Waals surface area contributed by atoms with E-state index in [1.54, 1.807) is 0 Å². The summed E-state index contributed by atoms with van der Waals surface area (Å²) in [7, 11) is 0. The van der Waals surface area contributed by atoms with Gasteiger partial charge in [-0.3, -0.25) is 4.79 Å². The number of rotatable bonds is 4. The van der Waals surface area contributed by atoms with E-state index in [0.29, 0.717) is 0 Å². The van der Waals surface area contributed by atoms with Gasteiger partial charge < -0.3 is 4.90 Å². The largest absolute Gasteiger partial charge is 0.338 e. The Balaban J connectivity index is 1.64. The van der Waals surface area contributed by atoms with Crippen LogP contribution in [-0.4, -0.2) is 28.1 Å². The first-order valence-electron chi connectivity index (χ1n) is 8.20. The molecule has 0 aromatic carbocycles. The lowest BCUT2D eigenvalue weighted by Gasteiger charge is -2.32. The minimum atomic E-state index is 0.234. The van der Waals surface area contributed by atoms with Crippen molar-refractivity contribution < 1.29 is 4.79 Å². The molecule has 1 aromatic heterocycles. The van der Waals surface area contributed by atoms with E-state index in [0.717, 1.165) is 36.1 Å². The molecule has 2 aliphatic rings. The van der Waals surface area contributed by atoms with E-state index < -0.39 is 0 Å². The monoisotopic (exact) mass is 304 g/mol. The highest BCUT2D eigenvalue weighted by molar-refractivity contribution is 7.99. The molecule has 1 atom stereocenters. The second-order valence-corrected chi connectivity index (χ2v) is 7.48. The maximum Gasteiger partial charge on any atom is 0.210 e. The molecule has 3 nitrogen and oxygen atoms in total. The summed E-state index contributed by atoms with van der Waals surface area (Å²) < 4.78 is 0. The van der Waals surface area contributed by atoms with Crippen LogP contribution in [0.5, 0.6) is 0 Å². The van der Waals surface area contributed by atoms with Crippen molar-refractivity contribution in [2.45, 2.75) is 67.7 Å². The first kappa shape index (κ1) is 14.9. The molecule has 2 fully saturated rings. The van der Waals surface area contributed by atoms with Gasteiger partial charge in [-0.1, -0.05) is 25.3 Å². The first-order chi connectivity index (χ1) is 10.4. The van der Waals surface area contributed by atoms with Gasteiger partial charge in [0.15, 0.2) is 0 Å². The summed E-state index contributed by atoms with van der Waals surface area (Å²) in [5.41, 5.74) is 1.19. The molecule has 0 spiro atoms. The molecule has 0 radical (unpaired) electrons. The molecule has 1 saturated carbocycles. The molecular formula is C17H24N2OS. The SMILES string of the molecule is O=CN1CCCC[C@H]1c1ccc(SC2CCCCC2)nc1. The molecule has 4 heteroatoms. The second kappa shape index (κ2) is 7.30. The van der Waals surface area contributed by atoms with Gasteiger partial charge in [-0.05, 0) is 43.7 Å². The minimum absolute atomic E-state index is 0.234. The molecule has 0 N–H and O–H groups in total. The summed E-state index contributed by atoms with van der Waals surface area (Å²) in [5, 5.41) is 1.89. The zero-order valence-corrected chi connectivity index (χ0v) is 13.4. The predicted molar refractivity (Wildman–Crippen MR) is 86.3 cm³/mol. The summed E-state index contributed by atoms with van der Waals surface area (Å²) in [4.78, 5) is 17.7. The van der Waals surface area contributed by atoms with Gasteiger partial charge in [0.2, 0.25) is 6.41 Å². The molecule has 3 rings (SSSR count). The summed E-state index contributed by atoms with van der Waals surface area (Å²) in [6.07, 6.45) is 13.2. The predicted octanol–water partition coefficient (Wildman–Crippen LogP) is 4.19. The number of carbonyl (C=O) groups is 1. The lowest BCUT2D eigenvalue weighted by Crippen LogP contribution is -2.32. The molecule has 0 unspecified atom stereocenters. The van der Waals surface area contributed by atoms with Crippen LogP contribution in [0.25, 0.3) is 0 Å². The molecule has 1 saturated heterocycles. The number of nitrogens with zero attached hydrogens (tertiary/aromatic N) is 2. The summed E-state index contributed by atoms with van der Waals surface area (Å²) in [6, 6.07) is 4.55. The quantitative estimate of drug-likeness (QED) is 0.782. The molecule has 2 heterocycles. The van der Waals surface area contributed by atoms with Crippen LogP contribution >= 0.6 is 11.8 Å². The van der Waals surface area contributed by atoms with Gasteiger partial charge in [-0.25, -0.2) is 4.98 Å². The number of piperidine rings is 1. The van der Waals surface area contributed by atoms with E-state index in [2.05, 4.69) is 17.1 Å². The molecule has 0 bridgehead atoms. The Morgan fingerprint density at radius 1 is 1.10 bits per heavy atom. The number of aromatic nitrogens is 1. The van der Waals surface area contributed by atoms with Gasteiger partial charge in [-0.15, -0.1) is 11.8 Å². The number of carbonyl (C=O) groups excluding carboxylic acids is 1. The van der Waals surface area contributed by atoms with Crippen molar-refractivity contribution in [3.05, 3.63) is 23.9 Å². The van der Waals surface area contributed by atoms with Crippen LogP contribution in [0.3, 0.4) is 0 Å². The van der Waals surface area contributed by atoms with E-state index in [-0.39, 0.29) is 6.04 Å². The van der Waals surface area contributed by atoms with Crippen molar-refractivity contribution in [1.82, 2.24) is 9.88 Å². The highest BCUT2D eigenvalue weighted by atomic mass is 32.2. The third-order valence-corrected chi connectivity index (χ3v) is 5.95. The maximum atomic E-state index is 11.2. The maximum absolute atomic E-state index is 11.2. The molecule has 21 heavy (non-hydrogen) atoms. The van der Waals surface area contributed by atoms with E-state index in [1.165, 1.54) is 44.1 Å². The van der Waals surface area contributed by atoms with E-state index >= 15 is 0 Å². The number of thioether (sulfide) groups is 1. The number of amides is 1. The number of pyridine rings is 1. The number of likely N-dealkylation sites (tertiary alicyclic amines) is 1. The Bertz CT molecular complexity index is 456. The third kappa shape index (κ3) is 3.79. The number of hydrogen-bond donors (Lipinski definition) is 0. The first-order valence-corrected chi connectivity index (χ1v) is 9.08. The molecule has 1 aromatic rings. The Morgan fingerprint density at radius 3 is 2.62 bits per heavy atom. The zero-order valence-electron chi connectivity index (χ0n) is 12.5. The van der Waals surface area contributed by atoms with Crippen LogP contribution in [0.2, 0.25) is 0 Å². The fourth-order valence-corrected chi connectivity index (χ4v) is 4.62. The highest BCUT2D eigenvalue weighted by Crippen LogP contribution is 2.34. The van der Waals surface area contributed by atoms with E-state index in [4.69, 9.17) is 0 Å². The van der Waals surface area contributed by atoms with Crippen LogP contribution < -0.4 is 0 Å². The van der Waals surface area contributed by atoms with Gasteiger partial charge in [0.1, 0.15) is 0 Å². The van der Waals surface area contributed by atoms with Crippen LogP contribution in [0.1, 0.15) is 63.0 Å². The molecule has 1 amide bonds. The van der Waals surface area contributed by atoms with Crippen LogP contribution in [0.15, 0.2) is 23.4 Å². The van der Waals surface area contributed by atoms with Gasteiger partial charge >= 0.3 is 0 Å². The van der Waals surface area contributed by atoms with Crippen LogP contribution in [0, 0.1) is 0 Å². The van der Waals surface area contributed by atoms with Gasteiger partial charge in [-0.2, -0.15) is 0 Å². The Morgan fingerprint density at radius 2 is 1.90 bits per heavy atom. The minimum Gasteiger partial charge on any atom is -0.338 e.